The molecule has 0 saturated carbocycles. The molecule has 116 valence electrons. The van der Waals surface area contributed by atoms with E-state index in [2.05, 4.69) is 41.5 Å². The standard InChI is InChI=1S/C19H24N2O/c1-3-4-7-15-12-14-13-16(22-2)9-10-17(14)19(21-15)18-8-5-6-11-20-18/h5-6,8-11,13,15,19,21H,3-4,7,12H2,1-2H3/t15-,19+/m0/s1. The fourth-order valence-electron chi connectivity index (χ4n) is 3.24. The number of unbranched alkanes of at least 4 members (excludes halogenated alkanes) is 1. The maximum Gasteiger partial charge on any atom is 0.119 e. The van der Waals surface area contributed by atoms with Crippen molar-refractivity contribution in [2.75, 3.05) is 7.11 Å². The molecule has 0 radical (unpaired) electrons. The molecule has 1 N–H and O–H groups in total. The number of nitrogens with one attached hydrogen (secondary N) is 1. The fraction of sp³-hybridized carbons (Fsp3) is 0.421. The van der Waals surface area contributed by atoms with Gasteiger partial charge in [0, 0.05) is 12.2 Å². The van der Waals surface area contributed by atoms with Gasteiger partial charge in [-0.1, -0.05) is 31.9 Å². The summed E-state index contributed by atoms with van der Waals surface area (Å²) < 4.78 is 5.40. The van der Waals surface area contributed by atoms with Gasteiger partial charge in [0.1, 0.15) is 5.75 Å². The first kappa shape index (κ1) is 15.0. The molecule has 2 heterocycles. The topological polar surface area (TPSA) is 34.1 Å². The Labute approximate surface area is 132 Å². The number of ether oxygens (including phenoxy) is 1. The van der Waals surface area contributed by atoms with Gasteiger partial charge in [-0.15, -0.1) is 0 Å². The number of methoxy groups -OCH3 is 1. The number of aromatic nitrogens is 1. The van der Waals surface area contributed by atoms with Gasteiger partial charge in [-0.25, -0.2) is 0 Å². The van der Waals surface area contributed by atoms with E-state index in [1.807, 2.05) is 18.3 Å². The lowest BCUT2D eigenvalue weighted by Crippen LogP contribution is -2.40. The summed E-state index contributed by atoms with van der Waals surface area (Å²) >= 11 is 0. The van der Waals surface area contributed by atoms with Gasteiger partial charge in [0.15, 0.2) is 0 Å². The Kier molecular flexibility index (Phi) is 4.74. The van der Waals surface area contributed by atoms with E-state index in [0.29, 0.717) is 6.04 Å². The number of hydrogen-bond donors (Lipinski definition) is 1. The molecule has 0 spiro atoms. The highest BCUT2D eigenvalue weighted by molar-refractivity contribution is 5.42. The number of pyridine rings is 1. The normalized spacial score (nSPS) is 20.5. The van der Waals surface area contributed by atoms with Crippen LogP contribution in [-0.2, 0) is 6.42 Å². The zero-order valence-corrected chi connectivity index (χ0v) is 13.4. The second kappa shape index (κ2) is 6.93. The summed E-state index contributed by atoms with van der Waals surface area (Å²) in [5, 5.41) is 3.79. The second-order valence-corrected chi connectivity index (χ2v) is 5.96. The van der Waals surface area contributed by atoms with E-state index in [9.17, 15) is 0 Å². The van der Waals surface area contributed by atoms with Gasteiger partial charge < -0.3 is 10.1 Å². The molecule has 0 bridgehead atoms. The van der Waals surface area contributed by atoms with Crippen molar-refractivity contribution in [1.29, 1.82) is 0 Å². The Hall–Kier alpha value is -1.87. The van der Waals surface area contributed by atoms with Crippen molar-refractivity contribution in [2.24, 2.45) is 0 Å². The lowest BCUT2D eigenvalue weighted by Gasteiger charge is -2.33. The molecule has 3 heteroatoms. The third-order valence-electron chi connectivity index (χ3n) is 4.42. The maximum atomic E-state index is 5.40. The molecule has 0 unspecified atom stereocenters. The summed E-state index contributed by atoms with van der Waals surface area (Å²) in [6, 6.07) is 13.2. The molecule has 1 aliphatic rings. The fourth-order valence-corrected chi connectivity index (χ4v) is 3.24. The average Bonchev–Trinajstić information content (AvgIpc) is 2.59. The summed E-state index contributed by atoms with van der Waals surface area (Å²) in [6.45, 7) is 2.25. The molecule has 1 aromatic carbocycles. The maximum absolute atomic E-state index is 5.40. The second-order valence-electron chi connectivity index (χ2n) is 5.96. The summed E-state index contributed by atoms with van der Waals surface area (Å²) in [7, 11) is 1.73. The molecule has 1 aliphatic heterocycles. The van der Waals surface area contributed by atoms with Crippen LogP contribution in [0.25, 0.3) is 0 Å². The molecule has 3 nitrogen and oxygen atoms in total. The minimum absolute atomic E-state index is 0.178. The molecule has 0 fully saturated rings. The highest BCUT2D eigenvalue weighted by Gasteiger charge is 2.28. The van der Waals surface area contributed by atoms with E-state index >= 15 is 0 Å². The van der Waals surface area contributed by atoms with Gasteiger partial charge >= 0.3 is 0 Å². The third kappa shape index (κ3) is 3.14. The van der Waals surface area contributed by atoms with E-state index < -0.39 is 0 Å². The van der Waals surface area contributed by atoms with E-state index in [1.54, 1.807) is 7.11 Å². The van der Waals surface area contributed by atoms with Crippen molar-refractivity contribution in [1.82, 2.24) is 10.3 Å². The Bertz CT molecular complexity index is 612. The van der Waals surface area contributed by atoms with Crippen LogP contribution in [0.1, 0.15) is 49.0 Å². The van der Waals surface area contributed by atoms with Crippen LogP contribution in [0, 0.1) is 0 Å². The predicted octanol–water partition coefficient (Wildman–Crippen LogP) is 3.88. The van der Waals surface area contributed by atoms with Crippen LogP contribution in [0.4, 0.5) is 0 Å². The first-order valence-corrected chi connectivity index (χ1v) is 8.15. The molecular formula is C19H24N2O. The zero-order valence-electron chi connectivity index (χ0n) is 13.4. The minimum atomic E-state index is 0.178. The lowest BCUT2D eigenvalue weighted by atomic mass is 9.86. The van der Waals surface area contributed by atoms with Crippen LogP contribution in [0.5, 0.6) is 5.75 Å². The Morgan fingerprint density at radius 3 is 2.91 bits per heavy atom. The summed E-state index contributed by atoms with van der Waals surface area (Å²) in [4.78, 5) is 4.56. The first-order valence-electron chi connectivity index (χ1n) is 8.15. The van der Waals surface area contributed by atoms with Crippen LogP contribution in [0.3, 0.4) is 0 Å². The molecule has 0 saturated heterocycles. The number of fused-ring (bicyclic) bond motifs is 1. The Morgan fingerprint density at radius 2 is 2.18 bits per heavy atom. The third-order valence-corrected chi connectivity index (χ3v) is 4.42. The number of nitrogens with zero attached hydrogens (tertiary/aromatic N) is 1. The summed E-state index contributed by atoms with van der Waals surface area (Å²) in [5.41, 5.74) is 3.80. The molecule has 2 atom stereocenters. The van der Waals surface area contributed by atoms with E-state index in [-0.39, 0.29) is 6.04 Å². The van der Waals surface area contributed by atoms with Crippen LogP contribution in [0.15, 0.2) is 42.6 Å². The first-order chi connectivity index (χ1) is 10.8. The smallest absolute Gasteiger partial charge is 0.119 e. The van der Waals surface area contributed by atoms with Crippen molar-refractivity contribution >= 4 is 0 Å². The van der Waals surface area contributed by atoms with Crippen LogP contribution in [0.2, 0.25) is 0 Å². The summed E-state index contributed by atoms with van der Waals surface area (Å²) in [5.74, 6) is 0.940. The number of hydrogen-bond acceptors (Lipinski definition) is 3. The van der Waals surface area contributed by atoms with Crippen LogP contribution >= 0.6 is 0 Å². The van der Waals surface area contributed by atoms with Gasteiger partial charge in [-0.05, 0) is 48.2 Å². The van der Waals surface area contributed by atoms with Gasteiger partial charge in [-0.2, -0.15) is 0 Å². The van der Waals surface area contributed by atoms with E-state index in [4.69, 9.17) is 4.74 Å². The minimum Gasteiger partial charge on any atom is -0.497 e. The van der Waals surface area contributed by atoms with Crippen molar-refractivity contribution in [3.05, 3.63) is 59.4 Å². The quantitative estimate of drug-likeness (QED) is 0.909. The zero-order chi connectivity index (χ0) is 15.4. The highest BCUT2D eigenvalue weighted by atomic mass is 16.5. The van der Waals surface area contributed by atoms with Crippen LogP contribution < -0.4 is 10.1 Å². The van der Waals surface area contributed by atoms with Gasteiger partial charge in [0.25, 0.3) is 0 Å². The Morgan fingerprint density at radius 1 is 1.27 bits per heavy atom. The number of benzene rings is 1. The molecule has 22 heavy (non-hydrogen) atoms. The monoisotopic (exact) mass is 296 g/mol. The van der Waals surface area contributed by atoms with Crippen molar-refractivity contribution in [2.45, 2.75) is 44.7 Å². The lowest BCUT2D eigenvalue weighted by molar-refractivity contribution is 0.393. The van der Waals surface area contributed by atoms with Crippen molar-refractivity contribution in [3.63, 3.8) is 0 Å². The van der Waals surface area contributed by atoms with Crippen LogP contribution in [-0.4, -0.2) is 18.1 Å². The molecule has 0 amide bonds. The largest absolute Gasteiger partial charge is 0.497 e. The van der Waals surface area contributed by atoms with Crippen molar-refractivity contribution < 1.29 is 4.74 Å². The molecular weight excluding hydrogens is 272 g/mol. The molecule has 1 aromatic heterocycles. The number of rotatable bonds is 5. The molecule has 2 aromatic rings. The average molecular weight is 296 g/mol. The summed E-state index contributed by atoms with van der Waals surface area (Å²) in [6.07, 6.45) is 6.63. The Balaban J connectivity index is 1.95. The predicted molar refractivity (Wildman–Crippen MR) is 89.2 cm³/mol. The van der Waals surface area contributed by atoms with E-state index in [1.165, 1.54) is 30.4 Å². The van der Waals surface area contributed by atoms with Gasteiger partial charge in [-0.3, -0.25) is 4.98 Å². The van der Waals surface area contributed by atoms with Crippen molar-refractivity contribution in [3.8, 4) is 5.75 Å². The SMILES string of the molecule is CCCC[C@H]1Cc2cc(OC)ccc2[C@H](c2ccccn2)N1. The molecule has 0 aliphatic carbocycles. The highest BCUT2D eigenvalue weighted by Crippen LogP contribution is 2.33. The van der Waals surface area contributed by atoms with E-state index in [0.717, 1.165) is 17.9 Å². The van der Waals surface area contributed by atoms with Gasteiger partial charge in [0.2, 0.25) is 0 Å². The van der Waals surface area contributed by atoms with Gasteiger partial charge in [0.05, 0.1) is 18.8 Å². The molecule has 3 rings (SSSR count).